The maximum atomic E-state index is 13.4. The number of aromatic nitrogens is 5. The quantitative estimate of drug-likeness (QED) is 0.701. The molecule has 0 bridgehead atoms. The molecular formula is C15H12F3N5OS. The molecule has 0 aliphatic carbocycles. The van der Waals surface area contributed by atoms with Crippen molar-refractivity contribution in [2.24, 2.45) is 0 Å². The lowest BCUT2D eigenvalue weighted by Crippen LogP contribution is -2.02. The summed E-state index contributed by atoms with van der Waals surface area (Å²) < 4.78 is 45.7. The molecule has 0 spiro atoms. The second-order valence-electron chi connectivity index (χ2n) is 5.11. The third kappa shape index (κ3) is 3.73. The van der Waals surface area contributed by atoms with Crippen LogP contribution in [0.5, 0.6) is 6.01 Å². The van der Waals surface area contributed by atoms with Gasteiger partial charge in [-0.25, -0.2) is 27.8 Å². The molecule has 25 heavy (non-hydrogen) atoms. The highest BCUT2D eigenvalue weighted by molar-refractivity contribution is 7.80. The number of benzene rings is 1. The van der Waals surface area contributed by atoms with Crippen molar-refractivity contribution in [2.45, 2.75) is 25.0 Å². The molecule has 0 fully saturated rings. The van der Waals surface area contributed by atoms with Gasteiger partial charge >= 0.3 is 6.01 Å². The van der Waals surface area contributed by atoms with Crippen molar-refractivity contribution in [3.05, 3.63) is 53.2 Å². The third-order valence-corrected chi connectivity index (χ3v) is 3.72. The number of rotatable bonds is 5. The van der Waals surface area contributed by atoms with Crippen molar-refractivity contribution >= 4 is 12.6 Å². The second-order valence-corrected chi connectivity index (χ2v) is 5.53. The minimum Gasteiger partial charge on any atom is -0.457 e. The molecule has 130 valence electrons. The molecule has 3 aromatic rings. The van der Waals surface area contributed by atoms with E-state index < -0.39 is 17.8 Å². The summed E-state index contributed by atoms with van der Waals surface area (Å²) in [4.78, 5) is 7.98. The summed E-state index contributed by atoms with van der Waals surface area (Å²) >= 11 is 4.28. The summed E-state index contributed by atoms with van der Waals surface area (Å²) in [6, 6.07) is 3.42. The Morgan fingerprint density at radius 1 is 1.24 bits per heavy atom. The Labute approximate surface area is 146 Å². The number of alkyl halides is 2. The lowest BCUT2D eigenvalue weighted by Gasteiger charge is -2.07. The number of aryl methyl sites for hydroxylation is 1. The molecule has 2 heterocycles. The number of hydrogen-bond donors (Lipinski definition) is 1. The second kappa shape index (κ2) is 7.09. The number of hydrogen-bond acceptors (Lipinski definition) is 6. The Kier molecular flexibility index (Phi) is 4.88. The summed E-state index contributed by atoms with van der Waals surface area (Å²) in [5, 5.41) is 8.02. The average molecular weight is 367 g/mol. The first kappa shape index (κ1) is 17.2. The third-order valence-electron chi connectivity index (χ3n) is 3.27. The minimum atomic E-state index is -2.94. The van der Waals surface area contributed by atoms with Gasteiger partial charge in [0.1, 0.15) is 23.1 Å². The molecule has 2 aromatic heterocycles. The molecule has 0 radical (unpaired) electrons. The van der Waals surface area contributed by atoms with Gasteiger partial charge in [-0.1, -0.05) is 5.21 Å². The molecule has 0 amide bonds. The smallest absolute Gasteiger partial charge is 0.316 e. The molecule has 0 unspecified atom stereocenters. The summed E-state index contributed by atoms with van der Waals surface area (Å²) in [5.41, 5.74) is 0.744. The summed E-state index contributed by atoms with van der Waals surface area (Å²) in [5.74, 6) is -0.986. The number of halogens is 3. The predicted octanol–water partition coefficient (Wildman–Crippen LogP) is 3.31. The molecule has 0 atom stereocenters. The van der Waals surface area contributed by atoms with Gasteiger partial charge in [-0.3, -0.25) is 0 Å². The fourth-order valence-electron chi connectivity index (χ4n) is 1.99. The van der Waals surface area contributed by atoms with E-state index in [-0.39, 0.29) is 23.3 Å². The van der Waals surface area contributed by atoms with Crippen LogP contribution in [0.4, 0.5) is 13.2 Å². The van der Waals surface area contributed by atoms with Crippen LogP contribution >= 0.6 is 12.6 Å². The van der Waals surface area contributed by atoms with Gasteiger partial charge in [0, 0.05) is 12.4 Å². The van der Waals surface area contributed by atoms with Crippen LogP contribution in [0.2, 0.25) is 0 Å². The highest BCUT2D eigenvalue weighted by Crippen LogP contribution is 2.26. The van der Waals surface area contributed by atoms with Gasteiger partial charge in [-0.15, -0.1) is 17.7 Å². The molecule has 0 aliphatic rings. The lowest BCUT2D eigenvalue weighted by atomic mass is 10.2. The molecule has 0 saturated carbocycles. The first-order valence-corrected chi connectivity index (χ1v) is 7.53. The fraction of sp³-hybridized carbons (Fsp3) is 0.200. The van der Waals surface area contributed by atoms with Gasteiger partial charge in [-0.05, 0) is 30.7 Å². The van der Waals surface area contributed by atoms with Crippen LogP contribution in [-0.4, -0.2) is 25.0 Å². The Morgan fingerprint density at radius 2 is 1.96 bits per heavy atom. The van der Waals surface area contributed by atoms with E-state index in [1.165, 1.54) is 10.7 Å². The SMILES string of the molecule is Cc1cnc(OCc2nnn(-c3ccc(F)c(C(F)F)c3)c2S)nc1. The van der Waals surface area contributed by atoms with Gasteiger partial charge in [0.25, 0.3) is 6.43 Å². The maximum Gasteiger partial charge on any atom is 0.316 e. The average Bonchev–Trinajstić information content (AvgIpc) is 2.95. The monoisotopic (exact) mass is 367 g/mol. The summed E-state index contributed by atoms with van der Waals surface area (Å²) in [6.45, 7) is 1.84. The molecule has 0 aliphatic heterocycles. The van der Waals surface area contributed by atoms with E-state index in [1.54, 1.807) is 12.4 Å². The molecule has 10 heteroatoms. The highest BCUT2D eigenvalue weighted by atomic mass is 32.1. The van der Waals surface area contributed by atoms with E-state index in [1.807, 2.05) is 6.92 Å². The Morgan fingerprint density at radius 3 is 2.64 bits per heavy atom. The van der Waals surface area contributed by atoms with E-state index in [4.69, 9.17) is 4.74 Å². The van der Waals surface area contributed by atoms with E-state index in [0.29, 0.717) is 5.69 Å². The fourth-order valence-corrected chi connectivity index (χ4v) is 2.26. The predicted molar refractivity (Wildman–Crippen MR) is 84.6 cm³/mol. The first-order valence-electron chi connectivity index (χ1n) is 7.08. The molecule has 0 saturated heterocycles. The molecule has 6 nitrogen and oxygen atoms in total. The van der Waals surface area contributed by atoms with Crippen molar-refractivity contribution in [1.29, 1.82) is 0 Å². The maximum absolute atomic E-state index is 13.4. The van der Waals surface area contributed by atoms with Gasteiger partial charge in [0.15, 0.2) is 0 Å². The van der Waals surface area contributed by atoms with Crippen LogP contribution in [0.25, 0.3) is 5.69 Å². The first-order chi connectivity index (χ1) is 12.0. The van der Waals surface area contributed by atoms with Crippen LogP contribution < -0.4 is 4.74 Å². The Hall–Kier alpha value is -2.62. The van der Waals surface area contributed by atoms with Crippen LogP contribution in [-0.2, 0) is 6.61 Å². The number of thiol groups is 1. The normalized spacial score (nSPS) is 11.1. The molecule has 0 N–H and O–H groups in total. The standard InChI is InChI=1S/C15H12F3N5OS/c1-8-5-19-15(20-6-8)24-7-12-14(25)23(22-21-12)9-2-3-11(16)10(4-9)13(17)18/h2-6,13,25H,7H2,1H3. The number of ether oxygens (including phenoxy) is 1. The van der Waals surface area contributed by atoms with E-state index in [2.05, 4.69) is 32.9 Å². The van der Waals surface area contributed by atoms with Gasteiger partial charge in [0.05, 0.1) is 11.3 Å². The zero-order valence-corrected chi connectivity index (χ0v) is 13.8. The lowest BCUT2D eigenvalue weighted by molar-refractivity contribution is 0.146. The zero-order chi connectivity index (χ0) is 18.0. The topological polar surface area (TPSA) is 65.7 Å². The van der Waals surface area contributed by atoms with Crippen molar-refractivity contribution in [3.63, 3.8) is 0 Å². The molecular weight excluding hydrogens is 355 g/mol. The van der Waals surface area contributed by atoms with Gasteiger partial charge in [0.2, 0.25) is 0 Å². The van der Waals surface area contributed by atoms with Crippen molar-refractivity contribution in [2.75, 3.05) is 0 Å². The largest absolute Gasteiger partial charge is 0.457 e. The minimum absolute atomic E-state index is 0.00913. The van der Waals surface area contributed by atoms with Crippen molar-refractivity contribution in [3.8, 4) is 11.7 Å². The summed E-state index contributed by atoms with van der Waals surface area (Å²) in [7, 11) is 0. The van der Waals surface area contributed by atoms with Crippen molar-refractivity contribution in [1.82, 2.24) is 25.0 Å². The zero-order valence-electron chi connectivity index (χ0n) is 12.9. The Bertz CT molecular complexity index is 885. The van der Waals surface area contributed by atoms with Gasteiger partial charge in [-0.2, -0.15) is 0 Å². The van der Waals surface area contributed by atoms with Crippen LogP contribution in [0.1, 0.15) is 23.2 Å². The summed E-state index contributed by atoms with van der Waals surface area (Å²) in [6.07, 6.45) is 0.268. The van der Waals surface area contributed by atoms with Crippen LogP contribution in [0.15, 0.2) is 35.6 Å². The molecule has 3 rings (SSSR count). The molecule has 1 aromatic carbocycles. The number of nitrogens with zero attached hydrogens (tertiary/aromatic N) is 5. The van der Waals surface area contributed by atoms with Crippen LogP contribution in [0.3, 0.4) is 0 Å². The Balaban J connectivity index is 1.81. The highest BCUT2D eigenvalue weighted by Gasteiger charge is 2.17. The van der Waals surface area contributed by atoms with Gasteiger partial charge < -0.3 is 4.74 Å². The van der Waals surface area contributed by atoms with E-state index >= 15 is 0 Å². The van der Waals surface area contributed by atoms with E-state index in [9.17, 15) is 13.2 Å². The van der Waals surface area contributed by atoms with Crippen molar-refractivity contribution < 1.29 is 17.9 Å². The van der Waals surface area contributed by atoms with E-state index in [0.717, 1.165) is 17.7 Å². The van der Waals surface area contributed by atoms with Crippen LogP contribution in [0, 0.1) is 12.7 Å².